The maximum absolute atomic E-state index is 11.5. The van der Waals surface area contributed by atoms with Crippen molar-refractivity contribution in [2.75, 3.05) is 12.3 Å². The highest BCUT2D eigenvalue weighted by atomic mass is 16.7. The standard InChI is InChI=1S/C9H13N5O4/c10-9-12-7-6(8(17)13-9)11-4-14(7)18-5(16)2-1-3-15/h4-5,15-16H,1-3H2,(H3,10,12,13,17). The molecule has 0 saturated carbocycles. The van der Waals surface area contributed by atoms with Gasteiger partial charge in [0.15, 0.2) is 5.52 Å². The number of nitrogens with two attached hydrogens (primary N) is 1. The number of aliphatic hydroxyl groups is 2. The van der Waals surface area contributed by atoms with Crippen molar-refractivity contribution in [2.45, 2.75) is 19.1 Å². The summed E-state index contributed by atoms with van der Waals surface area (Å²) < 4.78 is 1.07. The van der Waals surface area contributed by atoms with Crippen LogP contribution < -0.4 is 16.1 Å². The first-order valence-electron chi connectivity index (χ1n) is 5.30. The Morgan fingerprint density at radius 2 is 2.39 bits per heavy atom. The molecule has 2 aromatic heterocycles. The average molecular weight is 255 g/mol. The van der Waals surface area contributed by atoms with E-state index < -0.39 is 11.8 Å². The van der Waals surface area contributed by atoms with Gasteiger partial charge in [-0.05, 0) is 6.42 Å². The summed E-state index contributed by atoms with van der Waals surface area (Å²) in [6.45, 7) is -0.0457. The highest BCUT2D eigenvalue weighted by Crippen LogP contribution is 2.06. The van der Waals surface area contributed by atoms with Crippen LogP contribution in [-0.4, -0.2) is 42.8 Å². The third-order valence-corrected chi connectivity index (χ3v) is 2.24. The molecular weight excluding hydrogens is 242 g/mol. The molecule has 9 heteroatoms. The van der Waals surface area contributed by atoms with Gasteiger partial charge in [0, 0.05) is 13.0 Å². The molecule has 0 saturated heterocycles. The smallest absolute Gasteiger partial charge is 0.280 e. The molecule has 18 heavy (non-hydrogen) atoms. The Kier molecular flexibility index (Phi) is 3.44. The Hall–Kier alpha value is -2.13. The lowest BCUT2D eigenvalue weighted by Crippen LogP contribution is -2.25. The fourth-order valence-electron chi connectivity index (χ4n) is 1.43. The predicted octanol–water partition coefficient (Wildman–Crippen LogP) is -1.78. The quantitative estimate of drug-likeness (QED) is 0.463. The van der Waals surface area contributed by atoms with Crippen molar-refractivity contribution in [3.8, 4) is 0 Å². The van der Waals surface area contributed by atoms with E-state index in [1.165, 1.54) is 6.33 Å². The Bertz CT molecular complexity index is 592. The molecule has 2 rings (SSSR count). The monoisotopic (exact) mass is 255 g/mol. The first-order valence-corrected chi connectivity index (χ1v) is 5.30. The molecule has 1 atom stereocenters. The molecule has 0 aromatic carbocycles. The first kappa shape index (κ1) is 12.3. The third-order valence-electron chi connectivity index (χ3n) is 2.24. The van der Waals surface area contributed by atoms with Crippen molar-refractivity contribution >= 4 is 17.1 Å². The summed E-state index contributed by atoms with van der Waals surface area (Å²) in [5.74, 6) is -0.0669. The number of aliphatic hydroxyl groups excluding tert-OH is 2. The molecule has 0 radical (unpaired) electrons. The lowest BCUT2D eigenvalue weighted by atomic mass is 10.3. The van der Waals surface area contributed by atoms with Gasteiger partial charge < -0.3 is 20.8 Å². The number of nitrogens with zero attached hydrogens (tertiary/aromatic N) is 3. The molecule has 1 unspecified atom stereocenters. The number of aromatic nitrogens is 4. The average Bonchev–Trinajstić information content (AvgIpc) is 2.70. The van der Waals surface area contributed by atoms with Crippen LogP contribution in [0.3, 0.4) is 0 Å². The maximum Gasteiger partial charge on any atom is 0.280 e. The molecule has 0 aliphatic rings. The molecule has 2 heterocycles. The maximum atomic E-state index is 11.5. The molecule has 98 valence electrons. The minimum Gasteiger partial charge on any atom is -0.396 e. The van der Waals surface area contributed by atoms with Gasteiger partial charge in [-0.1, -0.05) is 0 Å². The summed E-state index contributed by atoms with van der Waals surface area (Å²) in [7, 11) is 0. The second-order valence-corrected chi connectivity index (χ2v) is 3.62. The summed E-state index contributed by atoms with van der Waals surface area (Å²) in [4.78, 5) is 26.5. The number of imidazole rings is 1. The van der Waals surface area contributed by atoms with Crippen molar-refractivity contribution in [2.24, 2.45) is 0 Å². The van der Waals surface area contributed by atoms with Crippen LogP contribution in [0.5, 0.6) is 0 Å². The number of nitrogens with one attached hydrogen (secondary N) is 1. The number of fused-ring (bicyclic) bond motifs is 1. The molecule has 2 aromatic rings. The largest absolute Gasteiger partial charge is 0.396 e. The zero-order valence-electron chi connectivity index (χ0n) is 9.41. The van der Waals surface area contributed by atoms with Crippen molar-refractivity contribution in [3.05, 3.63) is 16.7 Å². The lowest BCUT2D eigenvalue weighted by molar-refractivity contribution is -0.106. The van der Waals surface area contributed by atoms with Crippen LogP contribution in [0, 0.1) is 0 Å². The van der Waals surface area contributed by atoms with Crippen molar-refractivity contribution in [1.82, 2.24) is 19.7 Å². The zero-order valence-corrected chi connectivity index (χ0v) is 9.41. The first-order chi connectivity index (χ1) is 8.61. The second kappa shape index (κ2) is 5.02. The number of aromatic amines is 1. The van der Waals surface area contributed by atoms with Crippen molar-refractivity contribution in [1.29, 1.82) is 0 Å². The topological polar surface area (TPSA) is 139 Å². The highest BCUT2D eigenvalue weighted by molar-refractivity contribution is 5.69. The van der Waals surface area contributed by atoms with E-state index in [0.717, 1.165) is 4.73 Å². The summed E-state index contributed by atoms with van der Waals surface area (Å²) >= 11 is 0. The van der Waals surface area contributed by atoms with Crippen LogP contribution in [0.4, 0.5) is 5.95 Å². The van der Waals surface area contributed by atoms with E-state index >= 15 is 0 Å². The number of rotatable bonds is 5. The van der Waals surface area contributed by atoms with Crippen LogP contribution in [0.25, 0.3) is 11.2 Å². The Balaban J connectivity index is 2.26. The zero-order chi connectivity index (χ0) is 13.1. The number of anilines is 1. The van der Waals surface area contributed by atoms with Gasteiger partial charge in [-0.25, -0.2) is 4.98 Å². The highest BCUT2D eigenvalue weighted by Gasteiger charge is 2.13. The van der Waals surface area contributed by atoms with E-state index in [0.29, 0.717) is 6.42 Å². The number of hydrogen-bond acceptors (Lipinski definition) is 7. The van der Waals surface area contributed by atoms with Crippen LogP contribution >= 0.6 is 0 Å². The minimum atomic E-state index is -1.13. The molecular formula is C9H13N5O4. The molecule has 5 N–H and O–H groups in total. The SMILES string of the molecule is Nc1nc2c(ncn2OC(O)CCCO)c(=O)[nH]1. The molecule has 0 amide bonds. The summed E-state index contributed by atoms with van der Waals surface area (Å²) in [5.41, 5.74) is 5.12. The molecule has 0 aliphatic heterocycles. The van der Waals surface area contributed by atoms with Crippen LogP contribution in [0.1, 0.15) is 12.8 Å². The normalized spacial score (nSPS) is 12.8. The summed E-state index contributed by atoms with van der Waals surface area (Å²) in [6, 6.07) is 0. The van der Waals surface area contributed by atoms with Gasteiger partial charge in [-0.2, -0.15) is 4.98 Å². The number of nitrogen functional groups attached to an aromatic ring is 1. The minimum absolute atomic E-state index is 0.0457. The van der Waals surface area contributed by atoms with Gasteiger partial charge in [0.2, 0.25) is 17.9 Å². The van der Waals surface area contributed by atoms with Gasteiger partial charge in [0.05, 0.1) is 0 Å². The van der Waals surface area contributed by atoms with Gasteiger partial charge >= 0.3 is 0 Å². The predicted molar refractivity (Wildman–Crippen MR) is 61.5 cm³/mol. The summed E-state index contributed by atoms with van der Waals surface area (Å²) in [5, 5.41) is 18.1. The Morgan fingerprint density at radius 3 is 3.11 bits per heavy atom. The lowest BCUT2D eigenvalue weighted by Gasteiger charge is -2.12. The van der Waals surface area contributed by atoms with E-state index in [4.69, 9.17) is 15.7 Å². The van der Waals surface area contributed by atoms with E-state index in [1.54, 1.807) is 0 Å². The van der Waals surface area contributed by atoms with Crippen molar-refractivity contribution in [3.63, 3.8) is 0 Å². The van der Waals surface area contributed by atoms with Gasteiger partial charge in [-0.3, -0.25) is 9.78 Å². The fraction of sp³-hybridized carbons (Fsp3) is 0.444. The second-order valence-electron chi connectivity index (χ2n) is 3.62. The van der Waals surface area contributed by atoms with E-state index in [1.807, 2.05) is 0 Å². The van der Waals surface area contributed by atoms with Crippen LogP contribution in [-0.2, 0) is 0 Å². The molecule has 0 bridgehead atoms. The third kappa shape index (κ3) is 2.41. The van der Waals surface area contributed by atoms with Crippen LogP contribution in [0.2, 0.25) is 0 Å². The summed E-state index contributed by atoms with van der Waals surface area (Å²) in [6.07, 6.45) is 0.727. The van der Waals surface area contributed by atoms with Crippen molar-refractivity contribution < 1.29 is 15.1 Å². The van der Waals surface area contributed by atoms with E-state index in [2.05, 4.69) is 15.0 Å². The Labute approximate surface area is 101 Å². The van der Waals surface area contributed by atoms with E-state index in [9.17, 15) is 9.90 Å². The Morgan fingerprint density at radius 1 is 1.61 bits per heavy atom. The molecule has 9 nitrogen and oxygen atoms in total. The fourth-order valence-corrected chi connectivity index (χ4v) is 1.43. The molecule has 0 aliphatic carbocycles. The van der Waals surface area contributed by atoms with Gasteiger partial charge in [0.1, 0.15) is 6.33 Å². The van der Waals surface area contributed by atoms with Gasteiger partial charge in [0.25, 0.3) is 5.56 Å². The molecule has 0 fully saturated rings. The number of hydrogen-bond donors (Lipinski definition) is 4. The van der Waals surface area contributed by atoms with Gasteiger partial charge in [-0.15, -0.1) is 4.73 Å². The number of H-pyrrole nitrogens is 1. The molecule has 0 spiro atoms. The van der Waals surface area contributed by atoms with Crippen LogP contribution in [0.15, 0.2) is 11.1 Å². The van der Waals surface area contributed by atoms with E-state index in [-0.39, 0.29) is 30.1 Å².